The van der Waals surface area contributed by atoms with Gasteiger partial charge in [0.25, 0.3) is 0 Å². The van der Waals surface area contributed by atoms with Gasteiger partial charge in [0.05, 0.1) is 12.2 Å². The van der Waals surface area contributed by atoms with Gasteiger partial charge in [0.15, 0.2) is 5.82 Å². The van der Waals surface area contributed by atoms with E-state index >= 15 is 0 Å². The van der Waals surface area contributed by atoms with Gasteiger partial charge < -0.3 is 9.64 Å². The number of halogens is 1. The molecule has 5 heteroatoms. The third kappa shape index (κ3) is 3.54. The summed E-state index contributed by atoms with van der Waals surface area (Å²) in [6, 6.07) is 15.6. The smallest absolute Gasteiger partial charge is 0.159 e. The molecule has 118 valence electrons. The van der Waals surface area contributed by atoms with Crippen molar-refractivity contribution >= 4 is 28.2 Å². The lowest BCUT2D eigenvalue weighted by Gasteiger charge is -2.20. The molecular formula is C18H18ClN3O. The van der Waals surface area contributed by atoms with Gasteiger partial charge in [-0.2, -0.15) is 5.10 Å². The minimum atomic E-state index is 0.542. The number of hydrogen-bond donors (Lipinski definition) is 0. The Balaban J connectivity index is 1.71. The van der Waals surface area contributed by atoms with Crippen LogP contribution >= 0.6 is 11.6 Å². The van der Waals surface area contributed by atoms with Crippen molar-refractivity contribution in [2.75, 3.05) is 25.1 Å². The summed E-state index contributed by atoms with van der Waals surface area (Å²) >= 11 is 5.95. The maximum atomic E-state index is 5.95. The molecule has 0 amide bonds. The number of fused-ring (bicyclic) bond motifs is 1. The number of nitrogens with zero attached hydrogens (tertiary/aromatic N) is 3. The average molecular weight is 328 g/mol. The number of ether oxygens (including phenoxy) is 1. The summed E-state index contributed by atoms with van der Waals surface area (Å²) in [6.07, 6.45) is 0. The molecule has 0 aliphatic rings. The lowest BCUT2D eigenvalue weighted by molar-refractivity contribution is 0.325. The molecule has 0 atom stereocenters. The second-order valence-electron chi connectivity index (χ2n) is 5.38. The van der Waals surface area contributed by atoms with Crippen molar-refractivity contribution < 1.29 is 4.74 Å². The highest BCUT2D eigenvalue weighted by atomic mass is 35.5. The fourth-order valence-corrected chi connectivity index (χ4v) is 2.65. The molecule has 0 saturated carbocycles. The molecule has 3 rings (SSSR count). The molecule has 0 radical (unpaired) electrons. The maximum Gasteiger partial charge on any atom is 0.159 e. The largest absolute Gasteiger partial charge is 0.492 e. The summed E-state index contributed by atoms with van der Waals surface area (Å²) in [5.41, 5.74) is 0.938. The standard InChI is InChI=1S/C18H18ClN3O/c1-13-16-8-3-4-9-17(16)18(21-20-13)22(2)10-11-23-15-7-5-6-14(19)12-15/h3-9,12H,10-11H2,1-2H3. The van der Waals surface area contributed by atoms with Gasteiger partial charge in [-0.25, -0.2) is 0 Å². The molecule has 0 spiro atoms. The van der Waals surface area contributed by atoms with Gasteiger partial charge in [0.2, 0.25) is 0 Å². The van der Waals surface area contributed by atoms with Crippen molar-refractivity contribution in [3.63, 3.8) is 0 Å². The predicted molar refractivity (Wildman–Crippen MR) is 94.5 cm³/mol. The van der Waals surface area contributed by atoms with Crippen LogP contribution in [0.4, 0.5) is 5.82 Å². The Morgan fingerprint density at radius 3 is 2.61 bits per heavy atom. The summed E-state index contributed by atoms with van der Waals surface area (Å²) in [5.74, 6) is 1.63. The van der Waals surface area contributed by atoms with Gasteiger partial charge in [0, 0.05) is 22.8 Å². The molecule has 0 saturated heterocycles. The van der Waals surface area contributed by atoms with E-state index in [2.05, 4.69) is 27.2 Å². The van der Waals surface area contributed by atoms with Gasteiger partial charge >= 0.3 is 0 Å². The number of aryl methyl sites for hydroxylation is 1. The van der Waals surface area contributed by atoms with Crippen molar-refractivity contribution in [2.45, 2.75) is 6.92 Å². The zero-order valence-electron chi connectivity index (χ0n) is 13.2. The topological polar surface area (TPSA) is 38.2 Å². The number of benzene rings is 2. The van der Waals surface area contributed by atoms with E-state index in [0.717, 1.165) is 28.0 Å². The zero-order chi connectivity index (χ0) is 16.2. The predicted octanol–water partition coefficient (Wildman–Crippen LogP) is 4.11. The van der Waals surface area contributed by atoms with E-state index in [4.69, 9.17) is 16.3 Å². The minimum Gasteiger partial charge on any atom is -0.492 e. The Hall–Kier alpha value is -2.33. The Labute approximate surface area is 140 Å². The van der Waals surface area contributed by atoms with Gasteiger partial charge in [-0.3, -0.25) is 0 Å². The molecule has 0 fully saturated rings. The molecule has 0 aliphatic carbocycles. The highest BCUT2D eigenvalue weighted by Gasteiger charge is 2.10. The highest BCUT2D eigenvalue weighted by molar-refractivity contribution is 6.30. The minimum absolute atomic E-state index is 0.542. The average Bonchev–Trinajstić information content (AvgIpc) is 2.55. The van der Waals surface area contributed by atoms with Crippen LogP contribution in [0.25, 0.3) is 10.8 Å². The molecule has 4 nitrogen and oxygen atoms in total. The number of hydrogen-bond acceptors (Lipinski definition) is 4. The summed E-state index contributed by atoms with van der Waals surface area (Å²) < 4.78 is 5.74. The molecule has 0 N–H and O–H groups in total. The van der Waals surface area contributed by atoms with Crippen molar-refractivity contribution in [1.82, 2.24) is 10.2 Å². The molecule has 2 aromatic carbocycles. The van der Waals surface area contributed by atoms with E-state index in [1.54, 1.807) is 0 Å². The fraction of sp³-hybridized carbons (Fsp3) is 0.222. The van der Waals surface area contributed by atoms with Crippen LogP contribution in [0.5, 0.6) is 5.75 Å². The lowest BCUT2D eigenvalue weighted by Crippen LogP contribution is -2.25. The number of anilines is 1. The fourth-order valence-electron chi connectivity index (χ4n) is 2.47. The van der Waals surface area contributed by atoms with Crippen molar-refractivity contribution in [3.05, 3.63) is 59.2 Å². The molecule has 0 bridgehead atoms. The Morgan fingerprint density at radius 1 is 1.04 bits per heavy atom. The van der Waals surface area contributed by atoms with Gasteiger partial charge in [-0.05, 0) is 25.1 Å². The molecule has 0 unspecified atom stereocenters. The molecule has 23 heavy (non-hydrogen) atoms. The van der Waals surface area contributed by atoms with E-state index in [1.807, 2.05) is 50.4 Å². The normalized spacial score (nSPS) is 10.7. The highest BCUT2D eigenvalue weighted by Crippen LogP contribution is 2.24. The van der Waals surface area contributed by atoms with E-state index in [1.165, 1.54) is 0 Å². The number of rotatable bonds is 5. The van der Waals surface area contributed by atoms with Crippen LogP contribution in [0, 0.1) is 6.92 Å². The summed E-state index contributed by atoms with van der Waals surface area (Å²) in [4.78, 5) is 2.05. The maximum absolute atomic E-state index is 5.95. The first kappa shape index (κ1) is 15.6. The van der Waals surface area contributed by atoms with Crippen LogP contribution in [-0.4, -0.2) is 30.4 Å². The molecule has 3 aromatic rings. The van der Waals surface area contributed by atoms with E-state index in [-0.39, 0.29) is 0 Å². The van der Waals surface area contributed by atoms with E-state index in [0.29, 0.717) is 18.2 Å². The SMILES string of the molecule is Cc1nnc(N(C)CCOc2cccc(Cl)c2)c2ccccc12. The molecule has 0 aliphatic heterocycles. The van der Waals surface area contributed by atoms with Gasteiger partial charge in [-0.1, -0.05) is 41.9 Å². The van der Waals surface area contributed by atoms with Gasteiger partial charge in [-0.15, -0.1) is 5.10 Å². The first-order valence-electron chi connectivity index (χ1n) is 7.46. The second kappa shape index (κ2) is 6.84. The number of aromatic nitrogens is 2. The molecule has 1 aromatic heterocycles. The van der Waals surface area contributed by atoms with E-state index in [9.17, 15) is 0 Å². The van der Waals surface area contributed by atoms with E-state index < -0.39 is 0 Å². The third-order valence-corrected chi connectivity index (χ3v) is 3.94. The monoisotopic (exact) mass is 327 g/mol. The van der Waals surface area contributed by atoms with Gasteiger partial charge in [0.1, 0.15) is 12.4 Å². The third-order valence-electron chi connectivity index (χ3n) is 3.71. The van der Waals surface area contributed by atoms with Crippen molar-refractivity contribution in [1.29, 1.82) is 0 Å². The van der Waals surface area contributed by atoms with Crippen molar-refractivity contribution in [3.8, 4) is 5.75 Å². The van der Waals surface area contributed by atoms with Crippen LogP contribution in [-0.2, 0) is 0 Å². The Morgan fingerprint density at radius 2 is 1.83 bits per heavy atom. The van der Waals surface area contributed by atoms with Crippen LogP contribution in [0.15, 0.2) is 48.5 Å². The Kier molecular flexibility index (Phi) is 4.63. The summed E-state index contributed by atoms with van der Waals surface area (Å²) in [7, 11) is 1.99. The second-order valence-corrected chi connectivity index (χ2v) is 5.82. The first-order chi connectivity index (χ1) is 11.1. The zero-order valence-corrected chi connectivity index (χ0v) is 13.9. The lowest BCUT2D eigenvalue weighted by atomic mass is 10.1. The number of likely N-dealkylation sites (N-methyl/N-ethyl adjacent to an activating group) is 1. The molecular weight excluding hydrogens is 310 g/mol. The quantitative estimate of drug-likeness (QED) is 0.707. The van der Waals surface area contributed by atoms with Crippen molar-refractivity contribution in [2.24, 2.45) is 0 Å². The van der Waals surface area contributed by atoms with Crippen LogP contribution in [0.2, 0.25) is 5.02 Å². The van der Waals surface area contributed by atoms with Crippen LogP contribution in [0.1, 0.15) is 5.69 Å². The summed E-state index contributed by atoms with van der Waals surface area (Å²) in [5, 5.41) is 11.5. The molecule has 1 heterocycles. The van der Waals surface area contributed by atoms with Crippen LogP contribution < -0.4 is 9.64 Å². The first-order valence-corrected chi connectivity index (χ1v) is 7.84. The summed E-state index contributed by atoms with van der Waals surface area (Å²) in [6.45, 7) is 3.22. The van der Waals surface area contributed by atoms with Crippen LogP contribution in [0.3, 0.4) is 0 Å². The Bertz CT molecular complexity index is 822.